The van der Waals surface area contributed by atoms with Crippen molar-refractivity contribution >= 4 is 29.8 Å². The number of rotatable bonds is 5. The van der Waals surface area contributed by atoms with Crippen molar-refractivity contribution in [1.82, 2.24) is 24.9 Å². The number of aromatic carboxylic acids is 5. The van der Waals surface area contributed by atoms with Crippen LogP contribution in [0.15, 0.2) is 85.0 Å². The number of hydrogen-bond donors (Lipinski definition) is 0. The molecule has 0 spiro atoms. The van der Waals surface area contributed by atoms with Crippen LogP contribution in [-0.2, 0) is 0 Å². The maximum atomic E-state index is 9.82. The molecule has 20 nitrogen and oxygen atoms in total. The van der Waals surface area contributed by atoms with Crippen LogP contribution in [0.25, 0.3) is 0 Å². The van der Waals surface area contributed by atoms with Gasteiger partial charge >= 0.3 is 257 Å². The van der Waals surface area contributed by atoms with Crippen LogP contribution in [0.1, 0.15) is 52.8 Å². The van der Waals surface area contributed by atoms with E-state index in [9.17, 15) is 49.5 Å². The molecule has 0 radical (unpaired) electrons. The van der Waals surface area contributed by atoms with Gasteiger partial charge in [-0.25, -0.2) is 24.9 Å². The number of carboxylic acids is 5. The van der Waals surface area contributed by atoms with Crippen LogP contribution in [-0.4, -0.2) is 54.8 Å². The minimum Gasteiger partial charge on any atom is -0.541 e. The number of nitrogens with zero attached hydrogens (tertiary/aromatic N) is 5. The van der Waals surface area contributed by atoms with Crippen molar-refractivity contribution in [3.05, 3.63) is 91.8 Å². The molecule has 0 saturated carbocycles. The predicted molar refractivity (Wildman–Crippen MR) is 104 cm³/mol. The molecule has 0 fully saturated rings. The summed E-state index contributed by atoms with van der Waals surface area (Å²) in [5, 5.41) is 49.1. The monoisotopic (exact) mass is 755 g/mol. The Labute approximate surface area is 463 Å². The molecule has 0 aliphatic carbocycles. The van der Waals surface area contributed by atoms with Gasteiger partial charge in [-0.2, -0.15) is 0 Å². The van der Waals surface area contributed by atoms with E-state index in [4.69, 9.17) is 0 Å². The smallest absolute Gasteiger partial charge is 0.541 e. The summed E-state index contributed by atoms with van der Waals surface area (Å²) in [6, 6.07) is 0. The average Bonchev–Trinajstić information content (AvgIpc) is 3.74. The molecule has 5 heterocycles. The summed E-state index contributed by atoms with van der Waals surface area (Å²) in [5.74, 6) is -7.95. The maximum absolute atomic E-state index is 9.82. The van der Waals surface area contributed by atoms with Gasteiger partial charge in [-0.3, -0.25) is 0 Å². The molecular weight excluding hydrogens is 746 g/mol. The first kappa shape index (κ1) is 56.0. The van der Waals surface area contributed by atoms with Gasteiger partial charge < -0.3 is 71.6 Å². The Kier molecular flexibility index (Phi) is 42.4. The molecule has 0 aliphatic heterocycles. The van der Waals surface area contributed by atoms with Crippen LogP contribution in [0, 0.1) is 0 Å². The second kappa shape index (κ2) is 34.0. The third-order valence-corrected chi connectivity index (χ3v) is 3.17. The van der Waals surface area contributed by atoms with Crippen molar-refractivity contribution in [2.75, 3.05) is 0 Å². The minimum absolute atomic E-state index is 0. The van der Waals surface area contributed by atoms with Gasteiger partial charge in [-0.05, 0) is 0 Å². The summed E-state index contributed by atoms with van der Waals surface area (Å²) in [4.78, 5) is 65.9. The molecule has 5 rings (SSSR count). The minimum atomic E-state index is -1.34. The summed E-state index contributed by atoms with van der Waals surface area (Å²) in [6.07, 6.45) is 10.6. The van der Waals surface area contributed by atoms with Gasteiger partial charge in [0.1, 0.15) is 29.8 Å². The van der Waals surface area contributed by atoms with Gasteiger partial charge in [0.2, 0.25) is 0 Å². The average molecular weight is 756 g/mol. The molecule has 210 valence electrons. The topological polar surface area (TPSA) is 331 Å². The summed E-state index contributed by atoms with van der Waals surface area (Å²) in [7, 11) is 0. The molecule has 0 aromatic carbocycles. The standard InChI is InChI=1S/5C4H3NO3.5K/c5*6-4(7)3-1-5-2-8-3;;;;;/h5*1-2H,(H,6,7);;;;;/q;;;;;5*+1/p-5. The molecule has 0 aliphatic rings. The van der Waals surface area contributed by atoms with Crippen LogP contribution in [0.5, 0.6) is 0 Å². The second-order valence-corrected chi connectivity index (χ2v) is 5.77. The zero-order valence-electron chi connectivity index (χ0n) is 24.1. The number of oxazole rings is 5. The molecule has 0 bridgehead atoms. The molecule has 5 aromatic rings. The van der Waals surface area contributed by atoms with Crippen molar-refractivity contribution in [2.24, 2.45) is 0 Å². The van der Waals surface area contributed by atoms with E-state index < -0.39 is 29.8 Å². The largest absolute Gasteiger partial charge is 1.00 e. The number of hydrogen-bond acceptors (Lipinski definition) is 20. The van der Waals surface area contributed by atoms with Crippen molar-refractivity contribution in [2.45, 2.75) is 0 Å². The van der Waals surface area contributed by atoms with Crippen molar-refractivity contribution in [3.63, 3.8) is 0 Å². The first-order chi connectivity index (χ1) is 19.0. The maximum Gasteiger partial charge on any atom is 1.00 e. The van der Waals surface area contributed by atoms with Crippen LogP contribution in [0.3, 0.4) is 0 Å². The quantitative estimate of drug-likeness (QED) is 0.150. The van der Waals surface area contributed by atoms with Crippen molar-refractivity contribution in [1.29, 1.82) is 0 Å². The first-order valence-electron chi connectivity index (χ1n) is 9.52. The van der Waals surface area contributed by atoms with E-state index in [-0.39, 0.29) is 286 Å². The van der Waals surface area contributed by atoms with Crippen LogP contribution < -0.4 is 282 Å². The van der Waals surface area contributed by atoms with E-state index in [0.29, 0.717) is 0 Å². The van der Waals surface area contributed by atoms with Gasteiger partial charge in [0.15, 0.2) is 60.8 Å². The predicted octanol–water partition coefficient (Wildman–Crippen LogP) is -19.8. The third-order valence-electron chi connectivity index (χ3n) is 3.17. The number of carbonyl (C=O) groups is 5. The van der Waals surface area contributed by atoms with Gasteiger partial charge in [0.25, 0.3) is 0 Å². The zero-order chi connectivity index (χ0) is 29.9. The number of carbonyl (C=O) groups excluding carboxylic acids is 5. The second-order valence-electron chi connectivity index (χ2n) is 5.77. The third kappa shape index (κ3) is 27.0. The Hall–Kier alpha value is 1.58. The summed E-state index contributed by atoms with van der Waals surface area (Å²) < 4.78 is 21.6. The van der Waals surface area contributed by atoms with E-state index in [1.165, 1.54) is 0 Å². The fourth-order valence-electron chi connectivity index (χ4n) is 1.58. The Bertz CT molecular complexity index is 1180. The Morgan fingerprint density at radius 2 is 0.489 bits per heavy atom. The fourth-order valence-corrected chi connectivity index (χ4v) is 1.58. The summed E-state index contributed by atoms with van der Waals surface area (Å²) in [6.45, 7) is 0. The summed E-state index contributed by atoms with van der Waals surface area (Å²) in [5.41, 5.74) is 0. The molecule has 5 aromatic heterocycles. The van der Waals surface area contributed by atoms with Crippen molar-refractivity contribution in [3.8, 4) is 0 Å². The zero-order valence-corrected chi connectivity index (χ0v) is 39.7. The number of aromatic nitrogens is 5. The van der Waals surface area contributed by atoms with Gasteiger partial charge in [-0.15, -0.1) is 0 Å². The molecule has 45 heavy (non-hydrogen) atoms. The van der Waals surface area contributed by atoms with Crippen molar-refractivity contribution < 1.29 is 329 Å². The molecule has 0 N–H and O–H groups in total. The first-order valence-corrected chi connectivity index (χ1v) is 9.52. The Morgan fingerprint density at radius 3 is 0.533 bits per heavy atom. The van der Waals surface area contributed by atoms with E-state index in [2.05, 4.69) is 47.0 Å². The number of carboxylic acid groups (broad SMARTS) is 5. The molecule has 0 amide bonds. The summed E-state index contributed by atoms with van der Waals surface area (Å²) >= 11 is 0. The molecule has 0 atom stereocenters. The van der Waals surface area contributed by atoms with Gasteiger partial charge in [0, 0.05) is 0 Å². The fraction of sp³-hybridized carbons (Fsp3) is 0. The molecular formula is C20H10K5N5O15. The van der Waals surface area contributed by atoms with E-state index in [1.54, 1.807) is 0 Å². The van der Waals surface area contributed by atoms with Gasteiger partial charge in [0.05, 0.1) is 31.0 Å². The van der Waals surface area contributed by atoms with Gasteiger partial charge in [-0.1, -0.05) is 0 Å². The van der Waals surface area contributed by atoms with Crippen LogP contribution >= 0.6 is 0 Å². The van der Waals surface area contributed by atoms with E-state index in [1.807, 2.05) is 0 Å². The SMILES string of the molecule is O=C([O-])c1cnco1.O=C([O-])c1cnco1.O=C([O-])c1cnco1.O=C([O-])c1cnco1.O=C([O-])c1cnco1.[K+].[K+].[K+].[K+].[K+]. The van der Waals surface area contributed by atoms with Crippen LogP contribution in [0.4, 0.5) is 0 Å². The Morgan fingerprint density at radius 1 is 0.356 bits per heavy atom. The normalized spacial score (nSPS) is 8.00. The molecule has 0 unspecified atom stereocenters. The molecule has 25 heteroatoms. The Balaban J connectivity index is -0.000000144. The van der Waals surface area contributed by atoms with E-state index in [0.717, 1.165) is 63.0 Å². The molecule has 0 saturated heterocycles. The van der Waals surface area contributed by atoms with E-state index >= 15 is 0 Å². The van der Waals surface area contributed by atoms with Crippen LogP contribution in [0.2, 0.25) is 0 Å².